The minimum Gasteiger partial charge on any atom is -0.484 e. The lowest BCUT2D eigenvalue weighted by Gasteiger charge is -2.31. The maximum absolute atomic E-state index is 13.2. The molecular formula is C22H23N5O4. The predicted octanol–water partition coefficient (Wildman–Crippen LogP) is 1.65. The van der Waals surface area contributed by atoms with Crippen LogP contribution in [0.2, 0.25) is 0 Å². The van der Waals surface area contributed by atoms with Crippen molar-refractivity contribution in [2.24, 2.45) is 0 Å². The Morgan fingerprint density at radius 2 is 2.32 bits per heavy atom. The maximum Gasteiger partial charge on any atom is 0.261 e. The highest BCUT2D eigenvalue weighted by atomic mass is 16.5. The number of anilines is 2. The standard InChI is InChI=1S/C22H23N5O4/c1-22(12-28)8-13-5-17(25-21(29)16-9-24-27-4-2-3-23-20(16)27)18(7-19(13)31-22)26-10-15-6-14(26)11-30-15/h2-5,7,9,14-15,28H,6,8,10-12H2,1H3,(H,25,29)/t14-,15-,22-/m1/s1. The molecule has 3 aliphatic rings. The monoisotopic (exact) mass is 421 g/mol. The van der Waals surface area contributed by atoms with Crippen molar-refractivity contribution in [3.8, 4) is 5.75 Å². The van der Waals surface area contributed by atoms with E-state index in [0.29, 0.717) is 24.2 Å². The highest BCUT2D eigenvalue weighted by Gasteiger charge is 2.41. The lowest BCUT2D eigenvalue weighted by Crippen LogP contribution is -2.37. The zero-order valence-corrected chi connectivity index (χ0v) is 17.1. The molecule has 0 radical (unpaired) electrons. The number of amides is 1. The van der Waals surface area contributed by atoms with Gasteiger partial charge < -0.3 is 24.8 Å². The fourth-order valence-corrected chi connectivity index (χ4v) is 4.85. The number of carbonyl (C=O) groups excluding carboxylic acids is 1. The van der Waals surface area contributed by atoms with Crippen molar-refractivity contribution in [3.63, 3.8) is 0 Å². The number of rotatable bonds is 4. The third-order valence-corrected chi connectivity index (χ3v) is 6.42. The van der Waals surface area contributed by atoms with E-state index in [9.17, 15) is 9.90 Å². The van der Waals surface area contributed by atoms with Crippen molar-refractivity contribution in [1.82, 2.24) is 14.6 Å². The smallest absolute Gasteiger partial charge is 0.261 e. The largest absolute Gasteiger partial charge is 0.484 e. The van der Waals surface area contributed by atoms with Crippen LogP contribution in [-0.2, 0) is 11.2 Å². The molecule has 3 atom stereocenters. The first-order valence-electron chi connectivity index (χ1n) is 10.5. The first-order valence-corrected chi connectivity index (χ1v) is 10.5. The van der Waals surface area contributed by atoms with Crippen molar-refractivity contribution in [3.05, 3.63) is 47.9 Å². The van der Waals surface area contributed by atoms with Crippen LogP contribution >= 0.6 is 0 Å². The van der Waals surface area contributed by atoms with Gasteiger partial charge in [0, 0.05) is 37.0 Å². The number of benzene rings is 1. The van der Waals surface area contributed by atoms with Crippen molar-refractivity contribution >= 4 is 22.9 Å². The molecule has 9 heteroatoms. The van der Waals surface area contributed by atoms with Gasteiger partial charge in [-0.1, -0.05) is 0 Å². The Labute approximate surface area is 178 Å². The van der Waals surface area contributed by atoms with Gasteiger partial charge in [0.25, 0.3) is 5.91 Å². The van der Waals surface area contributed by atoms with Crippen LogP contribution in [0.15, 0.2) is 36.8 Å². The van der Waals surface area contributed by atoms with Gasteiger partial charge in [-0.25, -0.2) is 9.50 Å². The van der Waals surface area contributed by atoms with E-state index < -0.39 is 5.60 Å². The van der Waals surface area contributed by atoms with Crippen molar-refractivity contribution < 1.29 is 19.4 Å². The summed E-state index contributed by atoms with van der Waals surface area (Å²) in [5, 5.41) is 17.1. The van der Waals surface area contributed by atoms with Gasteiger partial charge in [0.1, 0.15) is 16.9 Å². The normalized spacial score (nSPS) is 26.3. The van der Waals surface area contributed by atoms with Gasteiger partial charge in [-0.2, -0.15) is 5.10 Å². The summed E-state index contributed by atoms with van der Waals surface area (Å²) in [6, 6.07) is 6.00. The number of fused-ring (bicyclic) bond motifs is 4. The van der Waals surface area contributed by atoms with E-state index in [-0.39, 0.29) is 24.7 Å². The second-order valence-corrected chi connectivity index (χ2v) is 8.76. The molecule has 3 aliphatic heterocycles. The van der Waals surface area contributed by atoms with Gasteiger partial charge in [0.2, 0.25) is 0 Å². The second kappa shape index (κ2) is 6.66. The Balaban J connectivity index is 1.39. The lowest BCUT2D eigenvalue weighted by molar-refractivity contribution is 0.0446. The molecule has 6 rings (SSSR count). The Kier molecular flexibility index (Phi) is 4.00. The fraction of sp³-hybridized carbons (Fsp3) is 0.409. The molecular weight excluding hydrogens is 398 g/mol. The molecule has 0 spiro atoms. The molecule has 0 saturated carbocycles. The minimum atomic E-state index is -0.651. The Morgan fingerprint density at radius 1 is 1.42 bits per heavy atom. The molecule has 1 aromatic carbocycles. The van der Waals surface area contributed by atoms with Crippen molar-refractivity contribution in [1.29, 1.82) is 0 Å². The number of hydrogen-bond acceptors (Lipinski definition) is 7. The summed E-state index contributed by atoms with van der Waals surface area (Å²) in [5.74, 6) is 0.491. The summed E-state index contributed by atoms with van der Waals surface area (Å²) < 4.78 is 13.4. The van der Waals surface area contributed by atoms with Crippen LogP contribution in [0.5, 0.6) is 5.75 Å². The van der Waals surface area contributed by atoms with E-state index in [0.717, 1.165) is 35.7 Å². The Morgan fingerprint density at radius 3 is 3.10 bits per heavy atom. The van der Waals surface area contributed by atoms with Gasteiger partial charge in [-0.15, -0.1) is 0 Å². The third-order valence-electron chi connectivity index (χ3n) is 6.42. The maximum atomic E-state index is 13.2. The zero-order valence-electron chi connectivity index (χ0n) is 17.1. The summed E-state index contributed by atoms with van der Waals surface area (Å²) >= 11 is 0. The molecule has 2 fully saturated rings. The number of nitrogens with zero attached hydrogens (tertiary/aromatic N) is 4. The summed E-state index contributed by atoms with van der Waals surface area (Å²) in [4.78, 5) is 19.8. The zero-order chi connectivity index (χ0) is 21.2. The van der Waals surface area contributed by atoms with Gasteiger partial charge in [0.15, 0.2) is 5.65 Å². The van der Waals surface area contributed by atoms with E-state index in [1.165, 1.54) is 6.20 Å². The first kappa shape index (κ1) is 18.6. The average molecular weight is 421 g/mol. The quantitative estimate of drug-likeness (QED) is 0.660. The molecule has 3 aromatic rings. The second-order valence-electron chi connectivity index (χ2n) is 8.76. The fourth-order valence-electron chi connectivity index (χ4n) is 4.85. The van der Waals surface area contributed by atoms with Crippen LogP contribution in [0.1, 0.15) is 29.3 Å². The van der Waals surface area contributed by atoms with Crippen LogP contribution in [0.25, 0.3) is 5.65 Å². The van der Waals surface area contributed by atoms with Gasteiger partial charge in [-0.3, -0.25) is 4.79 Å². The third kappa shape index (κ3) is 2.95. The molecule has 160 valence electrons. The minimum absolute atomic E-state index is 0.0744. The number of morpholine rings is 1. The molecule has 31 heavy (non-hydrogen) atoms. The number of aromatic nitrogens is 3. The van der Waals surface area contributed by atoms with Crippen LogP contribution < -0.4 is 15.0 Å². The number of ether oxygens (including phenoxy) is 2. The highest BCUT2D eigenvalue weighted by Crippen LogP contribution is 2.44. The van der Waals surface area contributed by atoms with Gasteiger partial charge >= 0.3 is 0 Å². The van der Waals surface area contributed by atoms with Crippen LogP contribution in [0, 0.1) is 0 Å². The number of aliphatic hydroxyl groups is 1. The van der Waals surface area contributed by atoms with E-state index in [1.54, 1.807) is 23.0 Å². The predicted molar refractivity (Wildman–Crippen MR) is 113 cm³/mol. The van der Waals surface area contributed by atoms with E-state index in [1.807, 2.05) is 19.1 Å². The van der Waals surface area contributed by atoms with Crippen LogP contribution in [0.4, 0.5) is 11.4 Å². The molecule has 0 aliphatic carbocycles. The molecule has 0 unspecified atom stereocenters. The van der Waals surface area contributed by atoms with E-state index >= 15 is 0 Å². The summed E-state index contributed by atoms with van der Waals surface area (Å²) in [6.07, 6.45) is 6.71. The number of hydrogen-bond donors (Lipinski definition) is 2. The van der Waals surface area contributed by atoms with Gasteiger partial charge in [0.05, 0.1) is 42.9 Å². The summed E-state index contributed by atoms with van der Waals surface area (Å²) in [5.41, 5.74) is 2.87. The highest BCUT2D eigenvalue weighted by molar-refractivity contribution is 6.09. The molecule has 2 bridgehead atoms. The number of carbonyl (C=O) groups is 1. The molecule has 1 amide bonds. The summed E-state index contributed by atoms with van der Waals surface area (Å²) in [7, 11) is 0. The Hall–Kier alpha value is -3.17. The van der Waals surface area contributed by atoms with E-state index in [4.69, 9.17) is 9.47 Å². The number of nitrogens with one attached hydrogen (secondary N) is 1. The number of aliphatic hydroxyl groups excluding tert-OH is 1. The van der Waals surface area contributed by atoms with Crippen LogP contribution in [-0.4, -0.2) is 63.1 Å². The SMILES string of the molecule is C[C@]1(CO)Cc2cc(NC(=O)c3cnn4cccnc34)c(N3C[C@H]4C[C@@H]3CO4)cc2O1. The lowest BCUT2D eigenvalue weighted by atomic mass is 9.99. The van der Waals surface area contributed by atoms with Crippen LogP contribution in [0.3, 0.4) is 0 Å². The van der Waals surface area contributed by atoms with Crippen molar-refractivity contribution in [2.45, 2.75) is 37.5 Å². The Bertz CT molecular complexity index is 1190. The molecule has 9 nitrogen and oxygen atoms in total. The molecule has 2 saturated heterocycles. The average Bonchev–Trinajstić information content (AvgIpc) is 3.54. The van der Waals surface area contributed by atoms with E-state index in [2.05, 4.69) is 20.3 Å². The van der Waals surface area contributed by atoms with Crippen molar-refractivity contribution in [2.75, 3.05) is 30.0 Å². The van der Waals surface area contributed by atoms with Gasteiger partial charge in [-0.05, 0) is 25.5 Å². The molecule has 2 aromatic heterocycles. The topological polar surface area (TPSA) is 101 Å². The summed E-state index contributed by atoms with van der Waals surface area (Å²) in [6.45, 7) is 3.28. The molecule has 5 heterocycles. The molecule has 2 N–H and O–H groups in total. The first-order chi connectivity index (χ1) is 15.0.